The molecular formula is C14H26N2O. The minimum absolute atomic E-state index is 0.490. The summed E-state index contributed by atoms with van der Waals surface area (Å²) in [6.45, 7) is 7.03. The molecule has 0 radical (unpaired) electrons. The SMILES string of the molecule is C1CCC2(C1)CN(CC1CCOCC1)CCN2. The molecule has 17 heavy (non-hydrogen) atoms. The molecule has 98 valence electrons. The van der Waals surface area contributed by atoms with Gasteiger partial charge < -0.3 is 10.1 Å². The second-order valence-corrected chi connectivity index (χ2v) is 6.21. The van der Waals surface area contributed by atoms with Gasteiger partial charge in [-0.25, -0.2) is 0 Å². The maximum atomic E-state index is 5.45. The maximum Gasteiger partial charge on any atom is 0.0469 e. The Hall–Kier alpha value is -0.120. The van der Waals surface area contributed by atoms with E-state index in [1.165, 1.54) is 64.7 Å². The summed E-state index contributed by atoms with van der Waals surface area (Å²) in [6, 6.07) is 0. The van der Waals surface area contributed by atoms with E-state index in [9.17, 15) is 0 Å². The lowest BCUT2D eigenvalue weighted by Gasteiger charge is -2.43. The molecule has 2 heterocycles. The lowest BCUT2D eigenvalue weighted by atomic mass is 9.92. The normalized spacial score (nSPS) is 31.1. The number of nitrogens with one attached hydrogen (secondary N) is 1. The van der Waals surface area contributed by atoms with E-state index in [1.807, 2.05) is 0 Å². The van der Waals surface area contributed by atoms with E-state index in [0.29, 0.717) is 5.54 Å². The van der Waals surface area contributed by atoms with E-state index in [2.05, 4.69) is 10.2 Å². The Bertz CT molecular complexity index is 245. The molecule has 1 spiro atoms. The molecule has 0 aromatic heterocycles. The standard InChI is InChI=1S/C14H26N2O/c1-2-6-14(5-1)12-16(8-7-15-14)11-13-3-9-17-10-4-13/h13,15H,1-12H2. The van der Waals surface area contributed by atoms with Gasteiger partial charge >= 0.3 is 0 Å². The predicted octanol–water partition coefficient (Wildman–Crippen LogP) is 1.63. The lowest BCUT2D eigenvalue weighted by Crippen LogP contribution is -2.59. The number of rotatable bonds is 2. The molecule has 0 aromatic carbocycles. The summed E-state index contributed by atoms with van der Waals surface area (Å²) >= 11 is 0. The summed E-state index contributed by atoms with van der Waals surface area (Å²) in [4.78, 5) is 2.72. The van der Waals surface area contributed by atoms with Crippen LogP contribution in [0.25, 0.3) is 0 Å². The zero-order chi connectivity index (χ0) is 11.6. The largest absolute Gasteiger partial charge is 0.381 e. The zero-order valence-corrected chi connectivity index (χ0v) is 10.9. The van der Waals surface area contributed by atoms with Crippen LogP contribution in [0.3, 0.4) is 0 Å². The fourth-order valence-electron chi connectivity index (χ4n) is 3.88. The predicted molar refractivity (Wildman–Crippen MR) is 69.2 cm³/mol. The Morgan fingerprint density at radius 1 is 1.18 bits per heavy atom. The molecule has 0 atom stereocenters. The molecule has 0 amide bonds. The fraction of sp³-hybridized carbons (Fsp3) is 1.00. The van der Waals surface area contributed by atoms with E-state index in [1.54, 1.807) is 0 Å². The molecule has 1 aliphatic carbocycles. The second kappa shape index (κ2) is 5.25. The highest BCUT2D eigenvalue weighted by Gasteiger charge is 2.37. The summed E-state index contributed by atoms with van der Waals surface area (Å²) in [5, 5.41) is 3.80. The van der Waals surface area contributed by atoms with Gasteiger partial charge in [0.05, 0.1) is 0 Å². The Morgan fingerprint density at radius 2 is 1.94 bits per heavy atom. The van der Waals surface area contributed by atoms with E-state index < -0.39 is 0 Å². The number of hydrogen-bond donors (Lipinski definition) is 1. The molecule has 2 aliphatic heterocycles. The van der Waals surface area contributed by atoms with Gasteiger partial charge in [0.1, 0.15) is 0 Å². The Labute approximate surface area is 105 Å². The number of nitrogens with zero attached hydrogens (tertiary/aromatic N) is 1. The molecule has 0 aromatic rings. The molecule has 3 nitrogen and oxygen atoms in total. The van der Waals surface area contributed by atoms with Crippen molar-refractivity contribution in [2.45, 2.75) is 44.1 Å². The highest BCUT2D eigenvalue weighted by Crippen LogP contribution is 2.32. The van der Waals surface area contributed by atoms with Gasteiger partial charge in [-0.3, -0.25) is 4.90 Å². The highest BCUT2D eigenvalue weighted by molar-refractivity contribution is 4.98. The highest BCUT2D eigenvalue weighted by atomic mass is 16.5. The first-order valence-electron chi connectivity index (χ1n) is 7.41. The van der Waals surface area contributed by atoms with Gasteiger partial charge in [-0.15, -0.1) is 0 Å². The summed E-state index contributed by atoms with van der Waals surface area (Å²) in [5.74, 6) is 0.889. The molecule has 3 heteroatoms. The lowest BCUT2D eigenvalue weighted by molar-refractivity contribution is 0.0409. The first kappa shape index (κ1) is 11.9. The van der Waals surface area contributed by atoms with Gasteiger partial charge in [0, 0.05) is 44.9 Å². The first-order chi connectivity index (χ1) is 8.36. The van der Waals surface area contributed by atoms with Crippen molar-refractivity contribution >= 4 is 0 Å². The Morgan fingerprint density at radius 3 is 2.71 bits per heavy atom. The molecule has 3 fully saturated rings. The van der Waals surface area contributed by atoms with Gasteiger partial charge in [0.2, 0.25) is 0 Å². The van der Waals surface area contributed by atoms with Gasteiger partial charge in [0.25, 0.3) is 0 Å². The van der Waals surface area contributed by atoms with Crippen LogP contribution < -0.4 is 5.32 Å². The van der Waals surface area contributed by atoms with Crippen LogP contribution in [0, 0.1) is 5.92 Å². The minimum Gasteiger partial charge on any atom is -0.381 e. The first-order valence-corrected chi connectivity index (χ1v) is 7.41. The van der Waals surface area contributed by atoms with Crippen molar-refractivity contribution in [1.82, 2.24) is 10.2 Å². The van der Waals surface area contributed by atoms with Crippen LogP contribution in [-0.2, 0) is 4.74 Å². The number of ether oxygens (including phenoxy) is 1. The number of hydrogen-bond acceptors (Lipinski definition) is 3. The topological polar surface area (TPSA) is 24.5 Å². The molecule has 0 unspecified atom stereocenters. The van der Waals surface area contributed by atoms with Crippen LogP contribution in [0.1, 0.15) is 38.5 Å². The van der Waals surface area contributed by atoms with Crippen LogP contribution in [0.15, 0.2) is 0 Å². The molecule has 3 aliphatic rings. The molecule has 0 bridgehead atoms. The molecule has 2 saturated heterocycles. The van der Waals surface area contributed by atoms with Crippen molar-refractivity contribution in [1.29, 1.82) is 0 Å². The van der Waals surface area contributed by atoms with Crippen molar-refractivity contribution < 1.29 is 4.74 Å². The monoisotopic (exact) mass is 238 g/mol. The van der Waals surface area contributed by atoms with Gasteiger partial charge in [-0.2, -0.15) is 0 Å². The molecule has 1 saturated carbocycles. The molecular weight excluding hydrogens is 212 g/mol. The average molecular weight is 238 g/mol. The third-order valence-corrected chi connectivity index (χ3v) is 4.87. The Balaban J connectivity index is 1.52. The van der Waals surface area contributed by atoms with Crippen molar-refractivity contribution in [2.24, 2.45) is 5.92 Å². The van der Waals surface area contributed by atoms with Crippen LogP contribution in [0.5, 0.6) is 0 Å². The second-order valence-electron chi connectivity index (χ2n) is 6.21. The van der Waals surface area contributed by atoms with Crippen molar-refractivity contribution in [3.63, 3.8) is 0 Å². The van der Waals surface area contributed by atoms with E-state index >= 15 is 0 Å². The molecule has 3 rings (SSSR count). The van der Waals surface area contributed by atoms with Crippen LogP contribution in [0.4, 0.5) is 0 Å². The van der Waals surface area contributed by atoms with Crippen LogP contribution >= 0.6 is 0 Å². The number of piperazine rings is 1. The van der Waals surface area contributed by atoms with E-state index in [0.717, 1.165) is 19.1 Å². The van der Waals surface area contributed by atoms with Crippen LogP contribution in [0.2, 0.25) is 0 Å². The average Bonchev–Trinajstić information content (AvgIpc) is 2.79. The third-order valence-electron chi connectivity index (χ3n) is 4.87. The summed E-state index contributed by atoms with van der Waals surface area (Å²) in [7, 11) is 0. The van der Waals surface area contributed by atoms with Gasteiger partial charge in [-0.05, 0) is 31.6 Å². The quantitative estimate of drug-likeness (QED) is 0.791. The van der Waals surface area contributed by atoms with Gasteiger partial charge in [0.15, 0.2) is 0 Å². The smallest absolute Gasteiger partial charge is 0.0469 e. The zero-order valence-electron chi connectivity index (χ0n) is 10.9. The minimum atomic E-state index is 0.490. The maximum absolute atomic E-state index is 5.45. The van der Waals surface area contributed by atoms with Crippen LogP contribution in [-0.4, -0.2) is 49.8 Å². The van der Waals surface area contributed by atoms with E-state index in [4.69, 9.17) is 4.74 Å². The Kier molecular flexibility index (Phi) is 3.69. The summed E-state index contributed by atoms with van der Waals surface area (Å²) < 4.78 is 5.45. The van der Waals surface area contributed by atoms with E-state index in [-0.39, 0.29) is 0 Å². The van der Waals surface area contributed by atoms with Gasteiger partial charge in [-0.1, -0.05) is 12.8 Å². The van der Waals surface area contributed by atoms with Crippen molar-refractivity contribution in [2.75, 3.05) is 39.4 Å². The molecule has 1 N–H and O–H groups in total. The van der Waals surface area contributed by atoms with Crippen molar-refractivity contribution in [3.8, 4) is 0 Å². The summed E-state index contributed by atoms with van der Waals surface area (Å²) in [5.41, 5.74) is 0.490. The van der Waals surface area contributed by atoms with Crippen molar-refractivity contribution in [3.05, 3.63) is 0 Å². The summed E-state index contributed by atoms with van der Waals surface area (Å²) in [6.07, 6.45) is 8.21. The third kappa shape index (κ3) is 2.83. The fourth-order valence-corrected chi connectivity index (χ4v) is 3.88.